The molecule has 0 amide bonds. The molecule has 0 aromatic carbocycles. The molecule has 0 heterocycles. The van der Waals surface area contributed by atoms with E-state index in [1.54, 1.807) is 0 Å². The molecule has 2 unspecified atom stereocenters. The summed E-state index contributed by atoms with van der Waals surface area (Å²) in [6, 6.07) is 1.65. The van der Waals surface area contributed by atoms with Gasteiger partial charge in [-0.15, -0.1) is 0 Å². The van der Waals surface area contributed by atoms with Gasteiger partial charge in [0.05, 0.1) is 0 Å². The minimum absolute atomic E-state index is 0.807. The van der Waals surface area contributed by atoms with Gasteiger partial charge >= 0.3 is 0 Å². The van der Waals surface area contributed by atoms with Crippen molar-refractivity contribution in [1.29, 1.82) is 0 Å². The van der Waals surface area contributed by atoms with E-state index in [2.05, 4.69) is 19.2 Å². The third kappa shape index (κ3) is 2.96. The van der Waals surface area contributed by atoms with E-state index >= 15 is 0 Å². The number of hydrogen-bond donors (Lipinski definition) is 1. The molecule has 1 heteroatoms. The maximum Gasteiger partial charge on any atom is 0.0121 e. The Hall–Kier alpha value is -0.0400. The molecule has 0 radical (unpaired) electrons. The van der Waals surface area contributed by atoms with E-state index in [-0.39, 0.29) is 0 Å². The Kier molecular flexibility index (Phi) is 4.07. The van der Waals surface area contributed by atoms with Gasteiger partial charge in [0.15, 0.2) is 0 Å². The second kappa shape index (κ2) is 5.34. The highest BCUT2D eigenvalue weighted by Crippen LogP contribution is 2.30. The first-order chi connectivity index (χ1) is 7.27. The van der Waals surface area contributed by atoms with Crippen LogP contribution in [0.25, 0.3) is 0 Å². The Bertz CT molecular complexity index is 174. The standard InChI is InChI=1S/C14H27N/c1-11-7-6-8-12(2)14(11)15-13-9-4-3-5-10-13/h11-15H,3-10H2,1-2H3. The molecule has 2 aliphatic rings. The van der Waals surface area contributed by atoms with Crippen molar-refractivity contribution in [1.82, 2.24) is 5.32 Å². The molecule has 1 N–H and O–H groups in total. The van der Waals surface area contributed by atoms with E-state index in [0.29, 0.717) is 0 Å². The first kappa shape index (κ1) is 11.4. The molecule has 1 nitrogen and oxygen atoms in total. The van der Waals surface area contributed by atoms with Crippen LogP contribution in [0, 0.1) is 11.8 Å². The number of nitrogens with one attached hydrogen (secondary N) is 1. The minimum Gasteiger partial charge on any atom is -0.311 e. The van der Waals surface area contributed by atoms with Crippen LogP contribution in [0.5, 0.6) is 0 Å². The van der Waals surface area contributed by atoms with E-state index in [0.717, 1.165) is 23.9 Å². The molecular weight excluding hydrogens is 182 g/mol. The normalized spacial score (nSPS) is 39.2. The highest BCUT2D eigenvalue weighted by Gasteiger charge is 2.29. The van der Waals surface area contributed by atoms with Crippen molar-refractivity contribution in [3.05, 3.63) is 0 Å². The van der Waals surface area contributed by atoms with Crippen LogP contribution in [0.3, 0.4) is 0 Å². The van der Waals surface area contributed by atoms with Crippen molar-refractivity contribution in [3.63, 3.8) is 0 Å². The van der Waals surface area contributed by atoms with Gasteiger partial charge in [-0.3, -0.25) is 0 Å². The molecule has 0 spiro atoms. The maximum absolute atomic E-state index is 3.96. The van der Waals surface area contributed by atoms with Gasteiger partial charge in [0.2, 0.25) is 0 Å². The second-order valence-electron chi connectivity index (χ2n) is 5.91. The van der Waals surface area contributed by atoms with Crippen molar-refractivity contribution >= 4 is 0 Å². The Morgan fingerprint density at radius 1 is 0.733 bits per heavy atom. The lowest BCUT2D eigenvalue weighted by Crippen LogP contribution is -2.48. The van der Waals surface area contributed by atoms with E-state index in [4.69, 9.17) is 0 Å². The molecule has 2 fully saturated rings. The average molecular weight is 209 g/mol. The van der Waals surface area contributed by atoms with E-state index in [9.17, 15) is 0 Å². The smallest absolute Gasteiger partial charge is 0.0121 e. The van der Waals surface area contributed by atoms with Gasteiger partial charge in [0, 0.05) is 12.1 Å². The predicted octanol–water partition coefficient (Wildman–Crippen LogP) is 3.73. The van der Waals surface area contributed by atoms with Crippen molar-refractivity contribution < 1.29 is 0 Å². The molecule has 88 valence electrons. The lowest BCUT2D eigenvalue weighted by molar-refractivity contribution is 0.179. The zero-order valence-corrected chi connectivity index (χ0v) is 10.5. The summed E-state index contributed by atoms with van der Waals surface area (Å²) in [5.74, 6) is 1.80. The van der Waals surface area contributed by atoms with Gasteiger partial charge in [-0.2, -0.15) is 0 Å². The lowest BCUT2D eigenvalue weighted by Gasteiger charge is -2.39. The van der Waals surface area contributed by atoms with Gasteiger partial charge in [-0.05, 0) is 37.5 Å². The molecule has 2 aliphatic carbocycles. The molecule has 2 atom stereocenters. The van der Waals surface area contributed by atoms with Gasteiger partial charge in [-0.1, -0.05) is 39.5 Å². The molecule has 2 rings (SSSR count). The SMILES string of the molecule is CC1CCCC(C)C1NC1CCCCC1. The summed E-state index contributed by atoms with van der Waals surface area (Å²) < 4.78 is 0. The summed E-state index contributed by atoms with van der Waals surface area (Å²) in [4.78, 5) is 0. The fourth-order valence-corrected chi connectivity index (χ4v) is 3.55. The van der Waals surface area contributed by atoms with Crippen molar-refractivity contribution in [3.8, 4) is 0 Å². The summed E-state index contributed by atoms with van der Waals surface area (Å²) in [6.07, 6.45) is 11.6. The maximum atomic E-state index is 3.96. The Morgan fingerprint density at radius 2 is 1.33 bits per heavy atom. The molecule has 0 aliphatic heterocycles. The lowest BCUT2D eigenvalue weighted by atomic mass is 9.78. The first-order valence-electron chi connectivity index (χ1n) is 7.03. The average Bonchev–Trinajstić information content (AvgIpc) is 2.25. The fourth-order valence-electron chi connectivity index (χ4n) is 3.55. The van der Waals surface area contributed by atoms with E-state index in [1.165, 1.54) is 51.4 Å². The van der Waals surface area contributed by atoms with Crippen LogP contribution in [-0.4, -0.2) is 12.1 Å². The molecule has 15 heavy (non-hydrogen) atoms. The predicted molar refractivity (Wildman–Crippen MR) is 66.0 cm³/mol. The van der Waals surface area contributed by atoms with Gasteiger partial charge in [0.1, 0.15) is 0 Å². The molecule has 0 aromatic heterocycles. The Labute approximate surface area is 95.0 Å². The minimum atomic E-state index is 0.807. The quantitative estimate of drug-likeness (QED) is 0.730. The highest BCUT2D eigenvalue weighted by atomic mass is 15.0. The molecule has 0 bridgehead atoms. The van der Waals surface area contributed by atoms with Crippen LogP contribution < -0.4 is 5.32 Å². The van der Waals surface area contributed by atoms with Gasteiger partial charge in [-0.25, -0.2) is 0 Å². The molecular formula is C14H27N. The molecule has 2 saturated carbocycles. The fraction of sp³-hybridized carbons (Fsp3) is 1.00. The number of rotatable bonds is 2. The van der Waals surface area contributed by atoms with Crippen molar-refractivity contribution in [2.45, 2.75) is 77.3 Å². The number of hydrogen-bond acceptors (Lipinski definition) is 1. The zero-order chi connectivity index (χ0) is 10.7. The van der Waals surface area contributed by atoms with Gasteiger partial charge < -0.3 is 5.32 Å². The van der Waals surface area contributed by atoms with Crippen LogP contribution in [0.2, 0.25) is 0 Å². The van der Waals surface area contributed by atoms with E-state index in [1.807, 2.05) is 0 Å². The summed E-state index contributed by atoms with van der Waals surface area (Å²) in [5.41, 5.74) is 0. The van der Waals surface area contributed by atoms with Crippen LogP contribution in [0.15, 0.2) is 0 Å². The third-order valence-electron chi connectivity index (χ3n) is 4.58. The van der Waals surface area contributed by atoms with E-state index < -0.39 is 0 Å². The summed E-state index contributed by atoms with van der Waals surface area (Å²) in [6.45, 7) is 4.88. The molecule has 0 aromatic rings. The molecule has 0 saturated heterocycles. The van der Waals surface area contributed by atoms with Crippen molar-refractivity contribution in [2.24, 2.45) is 11.8 Å². The summed E-state index contributed by atoms with van der Waals surface area (Å²) >= 11 is 0. The topological polar surface area (TPSA) is 12.0 Å². The van der Waals surface area contributed by atoms with Crippen LogP contribution in [-0.2, 0) is 0 Å². The summed E-state index contributed by atoms with van der Waals surface area (Å²) in [7, 11) is 0. The monoisotopic (exact) mass is 209 g/mol. The third-order valence-corrected chi connectivity index (χ3v) is 4.58. The zero-order valence-electron chi connectivity index (χ0n) is 10.5. The summed E-state index contributed by atoms with van der Waals surface area (Å²) in [5, 5.41) is 3.96. The Balaban J connectivity index is 1.84. The van der Waals surface area contributed by atoms with Crippen molar-refractivity contribution in [2.75, 3.05) is 0 Å². The van der Waals surface area contributed by atoms with Gasteiger partial charge in [0.25, 0.3) is 0 Å². The highest BCUT2D eigenvalue weighted by molar-refractivity contribution is 4.86. The Morgan fingerprint density at radius 3 is 1.93 bits per heavy atom. The van der Waals surface area contributed by atoms with Crippen LogP contribution >= 0.6 is 0 Å². The second-order valence-corrected chi connectivity index (χ2v) is 5.91. The van der Waals surface area contributed by atoms with Crippen LogP contribution in [0.4, 0.5) is 0 Å². The first-order valence-corrected chi connectivity index (χ1v) is 7.03. The largest absolute Gasteiger partial charge is 0.311 e. The van der Waals surface area contributed by atoms with Crippen LogP contribution in [0.1, 0.15) is 65.2 Å².